The Morgan fingerprint density at radius 1 is 1.54 bits per heavy atom. The first kappa shape index (κ1) is 9.09. The van der Waals surface area contributed by atoms with Gasteiger partial charge >= 0.3 is 0 Å². The third kappa shape index (κ3) is 1.60. The average molecular weight is 260 g/mol. The van der Waals surface area contributed by atoms with Crippen molar-refractivity contribution in [2.75, 3.05) is 0 Å². The number of thiazole rings is 1. The molecule has 0 saturated carbocycles. The van der Waals surface area contributed by atoms with Gasteiger partial charge in [-0.3, -0.25) is 0 Å². The van der Waals surface area contributed by atoms with E-state index >= 15 is 0 Å². The summed E-state index contributed by atoms with van der Waals surface area (Å²) in [5.74, 6) is -0.223. The van der Waals surface area contributed by atoms with Crippen LogP contribution in [0.3, 0.4) is 0 Å². The Labute approximate surface area is 87.7 Å². The highest BCUT2D eigenvalue weighted by atomic mass is 79.9. The van der Waals surface area contributed by atoms with Crippen LogP contribution >= 0.6 is 27.3 Å². The smallest absolute Gasteiger partial charge is 0.138 e. The molecule has 1 aromatic heterocycles. The predicted octanol–water partition coefficient (Wildman–Crippen LogP) is 3.76. The van der Waals surface area contributed by atoms with Crippen LogP contribution in [-0.4, -0.2) is 4.98 Å². The maximum absolute atomic E-state index is 13.1. The van der Waals surface area contributed by atoms with Gasteiger partial charge in [0.2, 0.25) is 0 Å². The van der Waals surface area contributed by atoms with Gasteiger partial charge in [0, 0.05) is 0 Å². The molecule has 13 heavy (non-hydrogen) atoms. The number of benzene rings is 1. The van der Waals surface area contributed by atoms with Gasteiger partial charge in [0.1, 0.15) is 5.82 Å². The van der Waals surface area contributed by atoms with Crippen LogP contribution in [0.4, 0.5) is 4.39 Å². The zero-order chi connectivity index (χ0) is 9.42. The van der Waals surface area contributed by atoms with Crippen molar-refractivity contribution in [1.29, 1.82) is 0 Å². The minimum absolute atomic E-state index is 0.223. The number of hydrogen-bond acceptors (Lipinski definition) is 2. The van der Waals surface area contributed by atoms with Crippen LogP contribution in [0.1, 0.15) is 11.9 Å². The van der Waals surface area contributed by atoms with E-state index in [0.29, 0.717) is 4.47 Å². The first-order valence-corrected chi connectivity index (χ1v) is 5.56. The van der Waals surface area contributed by atoms with Crippen LogP contribution in [0, 0.1) is 5.82 Å². The fourth-order valence-corrected chi connectivity index (χ4v) is 2.37. The molecule has 68 valence electrons. The van der Waals surface area contributed by atoms with Gasteiger partial charge in [-0.2, -0.15) is 0 Å². The molecule has 0 aliphatic rings. The van der Waals surface area contributed by atoms with E-state index in [1.165, 1.54) is 6.07 Å². The summed E-state index contributed by atoms with van der Waals surface area (Å²) in [6.45, 7) is 2.04. The number of aryl methyl sites for hydroxylation is 1. The lowest BCUT2D eigenvalue weighted by Crippen LogP contribution is -1.77. The van der Waals surface area contributed by atoms with Gasteiger partial charge in [-0.15, -0.1) is 11.3 Å². The molecule has 1 aromatic carbocycles. The number of aromatic nitrogens is 1. The largest absolute Gasteiger partial charge is 0.241 e. The van der Waals surface area contributed by atoms with E-state index in [0.717, 1.165) is 21.6 Å². The Morgan fingerprint density at radius 3 is 3.00 bits per heavy atom. The van der Waals surface area contributed by atoms with E-state index in [4.69, 9.17) is 0 Å². The van der Waals surface area contributed by atoms with Gasteiger partial charge < -0.3 is 0 Å². The Morgan fingerprint density at radius 2 is 2.31 bits per heavy atom. The van der Waals surface area contributed by atoms with Gasteiger partial charge in [0.25, 0.3) is 0 Å². The lowest BCUT2D eigenvalue weighted by Gasteiger charge is -1.91. The molecule has 0 bridgehead atoms. The second kappa shape index (κ2) is 3.35. The fraction of sp³-hybridized carbons (Fsp3) is 0.222. The molecule has 4 heteroatoms. The lowest BCUT2D eigenvalue weighted by molar-refractivity contribution is 0.623. The van der Waals surface area contributed by atoms with Gasteiger partial charge in [0.15, 0.2) is 0 Å². The zero-order valence-corrected chi connectivity index (χ0v) is 9.38. The molecule has 1 heterocycles. The normalized spacial score (nSPS) is 11.0. The molecular weight excluding hydrogens is 253 g/mol. The number of rotatable bonds is 1. The van der Waals surface area contributed by atoms with Gasteiger partial charge in [-0.05, 0) is 34.5 Å². The number of hydrogen-bond donors (Lipinski definition) is 0. The summed E-state index contributed by atoms with van der Waals surface area (Å²) in [7, 11) is 0. The summed E-state index contributed by atoms with van der Waals surface area (Å²) >= 11 is 4.69. The number of nitrogens with zero attached hydrogens (tertiary/aromatic N) is 1. The Bertz CT molecular complexity index is 413. The molecule has 0 saturated heterocycles. The molecule has 0 unspecified atom stereocenters. The molecule has 0 spiro atoms. The third-order valence-electron chi connectivity index (χ3n) is 1.78. The monoisotopic (exact) mass is 259 g/mol. The summed E-state index contributed by atoms with van der Waals surface area (Å²) in [4.78, 5) is 4.36. The minimum atomic E-state index is -0.223. The summed E-state index contributed by atoms with van der Waals surface area (Å²) in [5, 5.41) is 1.05. The van der Waals surface area contributed by atoms with E-state index < -0.39 is 0 Å². The highest BCUT2D eigenvalue weighted by Gasteiger charge is 2.06. The van der Waals surface area contributed by atoms with E-state index in [-0.39, 0.29) is 5.82 Å². The van der Waals surface area contributed by atoms with Crippen molar-refractivity contribution in [3.63, 3.8) is 0 Å². The Kier molecular flexibility index (Phi) is 2.34. The van der Waals surface area contributed by atoms with Crippen LogP contribution in [0.15, 0.2) is 16.6 Å². The Balaban J connectivity index is 2.70. The SMILES string of the molecule is CCc1nc2cc(Br)c(F)cc2s1. The third-order valence-corrected chi connectivity index (χ3v) is 3.55. The first-order chi connectivity index (χ1) is 6.20. The van der Waals surface area contributed by atoms with Crippen molar-refractivity contribution in [2.24, 2.45) is 0 Å². The molecule has 2 aromatic rings. The van der Waals surface area contributed by atoms with Gasteiger partial charge in [-0.25, -0.2) is 9.37 Å². The molecule has 0 radical (unpaired) electrons. The first-order valence-electron chi connectivity index (χ1n) is 3.95. The van der Waals surface area contributed by atoms with Gasteiger partial charge in [-0.1, -0.05) is 6.92 Å². The van der Waals surface area contributed by atoms with Crippen molar-refractivity contribution >= 4 is 37.5 Å². The average Bonchev–Trinajstić information content (AvgIpc) is 2.48. The summed E-state index contributed by atoms with van der Waals surface area (Å²) in [6.07, 6.45) is 0.901. The molecule has 0 N–H and O–H groups in total. The van der Waals surface area contributed by atoms with E-state index in [2.05, 4.69) is 20.9 Å². The molecule has 0 amide bonds. The summed E-state index contributed by atoms with van der Waals surface area (Å²) in [5.41, 5.74) is 0.870. The van der Waals surface area contributed by atoms with E-state index in [1.54, 1.807) is 17.4 Å². The minimum Gasteiger partial charge on any atom is -0.241 e. The van der Waals surface area contributed by atoms with Crippen LogP contribution in [0.25, 0.3) is 10.2 Å². The van der Waals surface area contributed by atoms with Crippen molar-refractivity contribution in [3.8, 4) is 0 Å². The van der Waals surface area contributed by atoms with Crippen molar-refractivity contribution < 1.29 is 4.39 Å². The standard InChI is InChI=1S/C9H7BrFNS/c1-2-9-12-7-3-5(10)6(11)4-8(7)13-9/h3-4H,2H2,1H3. The lowest BCUT2D eigenvalue weighted by atomic mass is 10.3. The molecule has 0 atom stereocenters. The second-order valence-corrected chi connectivity index (χ2v) is 4.66. The molecule has 2 rings (SSSR count). The summed E-state index contributed by atoms with van der Waals surface area (Å²) in [6, 6.07) is 3.25. The highest BCUT2D eigenvalue weighted by Crippen LogP contribution is 2.27. The van der Waals surface area contributed by atoms with Crippen molar-refractivity contribution in [3.05, 3.63) is 27.4 Å². The van der Waals surface area contributed by atoms with E-state index in [1.807, 2.05) is 6.92 Å². The van der Waals surface area contributed by atoms with Crippen LogP contribution < -0.4 is 0 Å². The molecule has 0 aliphatic carbocycles. The van der Waals surface area contributed by atoms with Crippen molar-refractivity contribution in [1.82, 2.24) is 4.98 Å². The fourth-order valence-electron chi connectivity index (χ4n) is 1.12. The van der Waals surface area contributed by atoms with Gasteiger partial charge in [0.05, 0.1) is 19.7 Å². The molecular formula is C9H7BrFNS. The predicted molar refractivity (Wildman–Crippen MR) is 56.7 cm³/mol. The summed E-state index contributed by atoms with van der Waals surface area (Å²) < 4.78 is 14.5. The highest BCUT2D eigenvalue weighted by molar-refractivity contribution is 9.10. The topological polar surface area (TPSA) is 12.9 Å². The maximum atomic E-state index is 13.1. The number of halogens is 2. The Hall–Kier alpha value is -0.480. The molecule has 1 nitrogen and oxygen atoms in total. The van der Waals surface area contributed by atoms with Crippen LogP contribution in [-0.2, 0) is 6.42 Å². The van der Waals surface area contributed by atoms with Crippen molar-refractivity contribution in [2.45, 2.75) is 13.3 Å². The van der Waals surface area contributed by atoms with E-state index in [9.17, 15) is 4.39 Å². The maximum Gasteiger partial charge on any atom is 0.138 e. The number of fused-ring (bicyclic) bond motifs is 1. The van der Waals surface area contributed by atoms with Crippen LogP contribution in [0.5, 0.6) is 0 Å². The quantitative estimate of drug-likeness (QED) is 0.760. The molecule has 0 aliphatic heterocycles. The second-order valence-electron chi connectivity index (χ2n) is 2.70. The zero-order valence-electron chi connectivity index (χ0n) is 6.97. The molecule has 0 fully saturated rings. The van der Waals surface area contributed by atoms with Crippen LogP contribution in [0.2, 0.25) is 0 Å².